The molecule has 2 aromatic rings. The summed E-state index contributed by atoms with van der Waals surface area (Å²) in [5, 5.41) is 0.742. The molecule has 0 saturated carbocycles. The first kappa shape index (κ1) is 16.0. The zero-order valence-corrected chi connectivity index (χ0v) is 13.6. The quantitative estimate of drug-likeness (QED) is 0.629. The molecule has 1 atom stereocenters. The van der Waals surface area contributed by atoms with Crippen LogP contribution in [0, 0.1) is 6.92 Å². The van der Waals surface area contributed by atoms with Gasteiger partial charge in [0.2, 0.25) is 0 Å². The monoisotopic (exact) mass is 302 g/mol. The van der Waals surface area contributed by atoms with E-state index < -0.39 is 0 Å². The first-order valence-corrected chi connectivity index (χ1v) is 7.70. The van der Waals surface area contributed by atoms with Gasteiger partial charge in [-0.1, -0.05) is 55.8 Å². The van der Waals surface area contributed by atoms with E-state index in [9.17, 15) is 0 Å². The van der Waals surface area contributed by atoms with Crippen LogP contribution in [-0.2, 0) is 6.42 Å². The van der Waals surface area contributed by atoms with Gasteiger partial charge in [-0.2, -0.15) is 0 Å². The number of nitrogens with one attached hydrogen (secondary N) is 1. The van der Waals surface area contributed by atoms with Crippen LogP contribution in [0.25, 0.3) is 0 Å². The predicted octanol–water partition coefficient (Wildman–Crippen LogP) is 4.52. The summed E-state index contributed by atoms with van der Waals surface area (Å²) in [6.07, 6.45) is 0.843. The molecule has 2 nitrogen and oxygen atoms in total. The predicted molar refractivity (Wildman–Crippen MR) is 90.5 cm³/mol. The third kappa shape index (κ3) is 4.07. The molecule has 2 rings (SSSR count). The number of hydrogen-bond acceptors (Lipinski definition) is 2. The van der Waals surface area contributed by atoms with E-state index in [0.717, 1.165) is 17.0 Å². The van der Waals surface area contributed by atoms with Crippen molar-refractivity contribution >= 4 is 11.6 Å². The molecule has 0 fully saturated rings. The van der Waals surface area contributed by atoms with Crippen molar-refractivity contribution in [3.05, 3.63) is 69.7 Å². The highest BCUT2D eigenvalue weighted by Crippen LogP contribution is 2.25. The van der Waals surface area contributed by atoms with Crippen LogP contribution in [-0.4, -0.2) is 0 Å². The first-order valence-electron chi connectivity index (χ1n) is 7.32. The molecule has 1 unspecified atom stereocenters. The zero-order chi connectivity index (χ0) is 15.4. The molecule has 0 spiro atoms. The van der Waals surface area contributed by atoms with E-state index in [1.807, 2.05) is 18.2 Å². The summed E-state index contributed by atoms with van der Waals surface area (Å²) in [7, 11) is 0. The van der Waals surface area contributed by atoms with Crippen LogP contribution in [0.4, 0.5) is 0 Å². The topological polar surface area (TPSA) is 38.0 Å². The Labute approximate surface area is 132 Å². The highest BCUT2D eigenvalue weighted by atomic mass is 35.5. The maximum Gasteiger partial charge on any atom is 0.0503 e. The molecular weight excluding hydrogens is 280 g/mol. The van der Waals surface area contributed by atoms with Gasteiger partial charge in [0, 0.05) is 5.02 Å². The Morgan fingerprint density at radius 2 is 1.76 bits per heavy atom. The van der Waals surface area contributed by atoms with Crippen LogP contribution in [0.1, 0.15) is 48.1 Å². The van der Waals surface area contributed by atoms with Crippen LogP contribution in [0.2, 0.25) is 5.02 Å². The van der Waals surface area contributed by atoms with Crippen LogP contribution in [0.5, 0.6) is 0 Å². The standard InChI is InChI=1S/C18H23ClN2/c1-12(2)15-7-5-14(6-8-15)10-18(21-20)17-11-16(19)9-4-13(17)3/h4-9,11-12,18,21H,10,20H2,1-3H3. The van der Waals surface area contributed by atoms with Crippen LogP contribution >= 0.6 is 11.6 Å². The molecule has 3 heteroatoms. The minimum atomic E-state index is 0.0635. The Hall–Kier alpha value is -1.35. The van der Waals surface area contributed by atoms with Crippen molar-refractivity contribution in [1.29, 1.82) is 0 Å². The molecule has 0 saturated heterocycles. The number of hydrazine groups is 1. The third-order valence-electron chi connectivity index (χ3n) is 3.90. The number of nitrogens with two attached hydrogens (primary N) is 1. The number of halogens is 1. The van der Waals surface area contributed by atoms with E-state index in [2.05, 4.69) is 50.5 Å². The second-order valence-electron chi connectivity index (χ2n) is 5.82. The Kier molecular flexibility index (Phi) is 5.40. The Morgan fingerprint density at radius 1 is 1.10 bits per heavy atom. The van der Waals surface area contributed by atoms with Gasteiger partial charge in [0.05, 0.1) is 6.04 Å². The smallest absolute Gasteiger partial charge is 0.0503 e. The van der Waals surface area contributed by atoms with Gasteiger partial charge in [0.1, 0.15) is 0 Å². The van der Waals surface area contributed by atoms with Crippen molar-refractivity contribution < 1.29 is 0 Å². The maximum atomic E-state index is 6.11. The van der Waals surface area contributed by atoms with Crippen molar-refractivity contribution in [2.75, 3.05) is 0 Å². The Morgan fingerprint density at radius 3 is 2.33 bits per heavy atom. The van der Waals surface area contributed by atoms with Gasteiger partial charge < -0.3 is 0 Å². The van der Waals surface area contributed by atoms with E-state index in [1.165, 1.54) is 16.7 Å². The molecule has 21 heavy (non-hydrogen) atoms. The summed E-state index contributed by atoms with van der Waals surface area (Å²) in [6.45, 7) is 6.49. The third-order valence-corrected chi connectivity index (χ3v) is 4.14. The summed E-state index contributed by atoms with van der Waals surface area (Å²) >= 11 is 6.11. The Balaban J connectivity index is 2.20. The molecule has 0 amide bonds. The van der Waals surface area contributed by atoms with Crippen LogP contribution in [0.3, 0.4) is 0 Å². The van der Waals surface area contributed by atoms with Gasteiger partial charge in [0.15, 0.2) is 0 Å². The second kappa shape index (κ2) is 7.08. The van der Waals surface area contributed by atoms with E-state index >= 15 is 0 Å². The summed E-state index contributed by atoms with van der Waals surface area (Å²) < 4.78 is 0. The van der Waals surface area contributed by atoms with Crippen molar-refractivity contribution in [1.82, 2.24) is 5.43 Å². The molecule has 3 N–H and O–H groups in total. The lowest BCUT2D eigenvalue weighted by Crippen LogP contribution is -2.30. The molecule has 0 aliphatic carbocycles. The number of aryl methyl sites for hydroxylation is 1. The van der Waals surface area contributed by atoms with Gasteiger partial charge >= 0.3 is 0 Å². The van der Waals surface area contributed by atoms with Gasteiger partial charge in [-0.25, -0.2) is 0 Å². The highest BCUT2D eigenvalue weighted by Gasteiger charge is 2.13. The fourth-order valence-corrected chi connectivity index (χ4v) is 2.70. The maximum absolute atomic E-state index is 6.11. The summed E-state index contributed by atoms with van der Waals surface area (Å²) in [4.78, 5) is 0. The zero-order valence-electron chi connectivity index (χ0n) is 12.9. The fraction of sp³-hybridized carbons (Fsp3) is 0.333. The number of hydrogen-bond donors (Lipinski definition) is 2. The van der Waals surface area contributed by atoms with Crippen LogP contribution in [0.15, 0.2) is 42.5 Å². The normalized spacial score (nSPS) is 12.7. The molecule has 0 aromatic heterocycles. The fourth-order valence-electron chi connectivity index (χ4n) is 2.52. The summed E-state index contributed by atoms with van der Waals surface area (Å²) in [5.41, 5.74) is 7.88. The van der Waals surface area contributed by atoms with Gasteiger partial charge in [-0.3, -0.25) is 11.3 Å². The van der Waals surface area contributed by atoms with Crippen molar-refractivity contribution in [2.45, 2.75) is 39.2 Å². The Bertz CT molecular complexity index is 591. The SMILES string of the molecule is Cc1ccc(Cl)cc1C(Cc1ccc(C(C)C)cc1)NN. The molecular formula is C18H23ClN2. The highest BCUT2D eigenvalue weighted by molar-refractivity contribution is 6.30. The average molecular weight is 303 g/mol. The van der Waals surface area contributed by atoms with Crippen molar-refractivity contribution in [2.24, 2.45) is 5.84 Å². The lowest BCUT2D eigenvalue weighted by molar-refractivity contribution is 0.549. The van der Waals surface area contributed by atoms with E-state index in [0.29, 0.717) is 5.92 Å². The average Bonchev–Trinajstić information content (AvgIpc) is 2.48. The van der Waals surface area contributed by atoms with Crippen LogP contribution < -0.4 is 11.3 Å². The molecule has 0 aliphatic rings. The van der Waals surface area contributed by atoms with Gasteiger partial charge in [-0.15, -0.1) is 0 Å². The molecule has 0 aliphatic heterocycles. The summed E-state index contributed by atoms with van der Waals surface area (Å²) in [5.74, 6) is 6.31. The van der Waals surface area contributed by atoms with Crippen molar-refractivity contribution in [3.63, 3.8) is 0 Å². The molecule has 112 valence electrons. The lowest BCUT2D eigenvalue weighted by Gasteiger charge is -2.19. The minimum Gasteiger partial charge on any atom is -0.271 e. The lowest BCUT2D eigenvalue weighted by atomic mass is 9.94. The second-order valence-corrected chi connectivity index (χ2v) is 6.26. The molecule has 0 heterocycles. The minimum absolute atomic E-state index is 0.0635. The largest absolute Gasteiger partial charge is 0.271 e. The molecule has 0 bridgehead atoms. The summed E-state index contributed by atoms with van der Waals surface area (Å²) in [6, 6.07) is 14.7. The molecule has 0 radical (unpaired) electrons. The van der Waals surface area contributed by atoms with Gasteiger partial charge in [0.25, 0.3) is 0 Å². The molecule has 2 aromatic carbocycles. The van der Waals surface area contributed by atoms with E-state index in [4.69, 9.17) is 17.4 Å². The first-order chi connectivity index (χ1) is 10.0. The van der Waals surface area contributed by atoms with Gasteiger partial charge in [-0.05, 0) is 53.6 Å². The van der Waals surface area contributed by atoms with Crippen molar-refractivity contribution in [3.8, 4) is 0 Å². The number of rotatable bonds is 5. The van der Waals surface area contributed by atoms with E-state index in [1.54, 1.807) is 0 Å². The number of benzene rings is 2. The van der Waals surface area contributed by atoms with E-state index in [-0.39, 0.29) is 6.04 Å².